The van der Waals surface area contributed by atoms with E-state index in [-0.39, 0.29) is 5.91 Å². The smallest absolute Gasteiger partial charge is 0.244 e. The van der Waals surface area contributed by atoms with Crippen molar-refractivity contribution in [2.45, 2.75) is 26.3 Å². The summed E-state index contributed by atoms with van der Waals surface area (Å²) in [4.78, 5) is 14.6. The molecule has 1 unspecified atom stereocenters. The van der Waals surface area contributed by atoms with Crippen molar-refractivity contribution in [2.75, 3.05) is 39.5 Å². The second-order valence-corrected chi connectivity index (χ2v) is 7.00. The minimum absolute atomic E-state index is 0.0457. The predicted molar refractivity (Wildman–Crippen MR) is 98.7 cm³/mol. The van der Waals surface area contributed by atoms with Crippen LogP contribution in [0.4, 0.5) is 0 Å². The van der Waals surface area contributed by atoms with Gasteiger partial charge in [0.05, 0.1) is 19.8 Å². The van der Waals surface area contributed by atoms with E-state index in [1.54, 1.807) is 6.08 Å². The zero-order chi connectivity index (χ0) is 17.6. The van der Waals surface area contributed by atoms with Gasteiger partial charge in [0.1, 0.15) is 5.75 Å². The van der Waals surface area contributed by atoms with Gasteiger partial charge in [-0.2, -0.15) is 0 Å². The van der Waals surface area contributed by atoms with Crippen LogP contribution in [0.2, 0.25) is 0 Å². The fourth-order valence-electron chi connectivity index (χ4n) is 3.44. The topological polar surface area (TPSA) is 50.8 Å². The van der Waals surface area contributed by atoms with Gasteiger partial charge >= 0.3 is 0 Å². The van der Waals surface area contributed by atoms with Crippen LogP contribution in [0.5, 0.6) is 5.75 Å². The third-order valence-electron chi connectivity index (χ3n) is 4.91. The number of hydrogen-bond donors (Lipinski definition) is 1. The van der Waals surface area contributed by atoms with Crippen molar-refractivity contribution in [3.8, 4) is 5.75 Å². The monoisotopic (exact) mass is 344 g/mol. The molecule has 2 aliphatic heterocycles. The first-order valence-corrected chi connectivity index (χ1v) is 9.17. The SMILES string of the molecule is CC(C)C(CNC(=O)/C=C/c1ccc2c(c1)CCO2)N1CCOCC1. The summed E-state index contributed by atoms with van der Waals surface area (Å²) in [6.45, 7) is 9.25. The number of carbonyl (C=O) groups excluding carboxylic acids is 1. The normalized spacial score (nSPS) is 19.0. The Bertz CT molecular complexity index is 621. The zero-order valence-electron chi connectivity index (χ0n) is 15.2. The van der Waals surface area contributed by atoms with Gasteiger partial charge in [0.25, 0.3) is 0 Å². The lowest BCUT2D eigenvalue weighted by atomic mass is 10.0. The maximum atomic E-state index is 12.2. The molecule has 1 aromatic carbocycles. The van der Waals surface area contributed by atoms with Gasteiger partial charge in [-0.3, -0.25) is 9.69 Å². The first-order valence-electron chi connectivity index (χ1n) is 9.17. The van der Waals surface area contributed by atoms with E-state index in [1.807, 2.05) is 18.2 Å². The number of ether oxygens (including phenoxy) is 2. The Labute approximate surface area is 150 Å². The van der Waals surface area contributed by atoms with Crippen LogP contribution >= 0.6 is 0 Å². The molecule has 0 spiro atoms. The summed E-state index contributed by atoms with van der Waals surface area (Å²) in [5.74, 6) is 1.40. The lowest BCUT2D eigenvalue weighted by Gasteiger charge is -2.36. The number of morpholine rings is 1. The number of hydrogen-bond acceptors (Lipinski definition) is 4. The minimum atomic E-state index is -0.0457. The maximum absolute atomic E-state index is 12.2. The molecule has 1 fully saturated rings. The number of nitrogens with one attached hydrogen (secondary N) is 1. The highest BCUT2D eigenvalue weighted by Crippen LogP contribution is 2.26. The molecule has 1 atom stereocenters. The van der Waals surface area contributed by atoms with Crippen molar-refractivity contribution >= 4 is 12.0 Å². The van der Waals surface area contributed by atoms with Gasteiger partial charge in [-0.25, -0.2) is 0 Å². The molecular formula is C20H28N2O3. The van der Waals surface area contributed by atoms with Crippen LogP contribution in [0, 0.1) is 5.92 Å². The van der Waals surface area contributed by atoms with E-state index in [4.69, 9.17) is 9.47 Å². The van der Waals surface area contributed by atoms with Crippen LogP contribution < -0.4 is 10.1 Å². The van der Waals surface area contributed by atoms with E-state index < -0.39 is 0 Å². The van der Waals surface area contributed by atoms with E-state index in [0.717, 1.165) is 50.6 Å². The molecule has 0 saturated carbocycles. The van der Waals surface area contributed by atoms with Crippen molar-refractivity contribution < 1.29 is 14.3 Å². The van der Waals surface area contributed by atoms with Crippen molar-refractivity contribution in [3.05, 3.63) is 35.4 Å². The third-order valence-corrected chi connectivity index (χ3v) is 4.91. The summed E-state index contributed by atoms with van der Waals surface area (Å²) >= 11 is 0. The molecular weight excluding hydrogens is 316 g/mol. The number of carbonyl (C=O) groups is 1. The Balaban J connectivity index is 1.52. The van der Waals surface area contributed by atoms with Crippen LogP contribution in [0.15, 0.2) is 24.3 Å². The van der Waals surface area contributed by atoms with Crippen LogP contribution in [-0.4, -0.2) is 56.3 Å². The second-order valence-electron chi connectivity index (χ2n) is 7.00. The molecule has 5 nitrogen and oxygen atoms in total. The summed E-state index contributed by atoms with van der Waals surface area (Å²) in [5.41, 5.74) is 2.25. The van der Waals surface area contributed by atoms with Crippen molar-refractivity contribution in [1.82, 2.24) is 10.2 Å². The fourth-order valence-corrected chi connectivity index (χ4v) is 3.44. The molecule has 3 rings (SSSR count). The number of rotatable bonds is 6. The lowest BCUT2D eigenvalue weighted by molar-refractivity contribution is -0.116. The van der Waals surface area contributed by atoms with E-state index in [9.17, 15) is 4.79 Å². The van der Waals surface area contributed by atoms with Crippen molar-refractivity contribution in [2.24, 2.45) is 5.92 Å². The van der Waals surface area contributed by atoms with E-state index in [0.29, 0.717) is 18.5 Å². The summed E-state index contributed by atoms with van der Waals surface area (Å²) in [6, 6.07) is 6.40. The highest BCUT2D eigenvalue weighted by Gasteiger charge is 2.23. The molecule has 1 amide bonds. The average molecular weight is 344 g/mol. The van der Waals surface area contributed by atoms with Gasteiger partial charge in [-0.1, -0.05) is 19.9 Å². The highest BCUT2D eigenvalue weighted by atomic mass is 16.5. The molecule has 0 radical (unpaired) electrons. The fraction of sp³-hybridized carbons (Fsp3) is 0.550. The van der Waals surface area contributed by atoms with Crippen molar-refractivity contribution in [3.63, 3.8) is 0 Å². The van der Waals surface area contributed by atoms with E-state index in [1.165, 1.54) is 5.56 Å². The van der Waals surface area contributed by atoms with Gasteiger partial charge in [0.15, 0.2) is 0 Å². The largest absolute Gasteiger partial charge is 0.493 e. The first-order chi connectivity index (χ1) is 12.1. The molecule has 25 heavy (non-hydrogen) atoms. The number of amides is 1. The van der Waals surface area contributed by atoms with Crippen LogP contribution in [0.3, 0.4) is 0 Å². The van der Waals surface area contributed by atoms with Crippen LogP contribution in [0.25, 0.3) is 6.08 Å². The van der Waals surface area contributed by atoms with Gasteiger partial charge in [0, 0.05) is 38.2 Å². The van der Waals surface area contributed by atoms with Gasteiger partial charge in [0.2, 0.25) is 5.91 Å². The third kappa shape index (κ3) is 4.83. The molecule has 1 N–H and O–H groups in total. The Morgan fingerprint density at radius 3 is 2.84 bits per heavy atom. The summed E-state index contributed by atoms with van der Waals surface area (Å²) in [5, 5.41) is 3.05. The summed E-state index contributed by atoms with van der Waals surface area (Å²) in [6.07, 6.45) is 4.43. The van der Waals surface area contributed by atoms with Crippen molar-refractivity contribution in [1.29, 1.82) is 0 Å². The molecule has 1 aromatic rings. The highest BCUT2D eigenvalue weighted by molar-refractivity contribution is 5.91. The predicted octanol–water partition coefficient (Wildman–Crippen LogP) is 2.11. The van der Waals surface area contributed by atoms with E-state index >= 15 is 0 Å². The molecule has 2 aliphatic rings. The van der Waals surface area contributed by atoms with Gasteiger partial charge in [-0.05, 0) is 35.3 Å². The average Bonchev–Trinajstić information content (AvgIpc) is 3.08. The number of benzene rings is 1. The van der Waals surface area contributed by atoms with Crippen LogP contribution in [-0.2, 0) is 16.0 Å². The standard InChI is InChI=1S/C20H28N2O3/c1-15(2)18(22-8-11-24-12-9-22)14-21-20(23)6-4-16-3-5-19-17(13-16)7-10-25-19/h3-6,13,15,18H,7-12,14H2,1-2H3,(H,21,23)/b6-4+. The Morgan fingerprint density at radius 2 is 2.08 bits per heavy atom. The molecule has 0 bridgehead atoms. The maximum Gasteiger partial charge on any atom is 0.244 e. The summed E-state index contributed by atoms with van der Waals surface area (Å²) < 4.78 is 10.9. The Hall–Kier alpha value is -1.85. The molecule has 1 saturated heterocycles. The van der Waals surface area contributed by atoms with E-state index in [2.05, 4.69) is 30.1 Å². The lowest BCUT2D eigenvalue weighted by Crippen LogP contribution is -2.51. The molecule has 5 heteroatoms. The zero-order valence-corrected chi connectivity index (χ0v) is 15.2. The van der Waals surface area contributed by atoms with Gasteiger partial charge < -0.3 is 14.8 Å². The molecule has 2 heterocycles. The molecule has 0 aromatic heterocycles. The Kier molecular flexibility index (Phi) is 6.10. The quantitative estimate of drug-likeness (QED) is 0.803. The molecule has 136 valence electrons. The minimum Gasteiger partial charge on any atom is -0.493 e. The van der Waals surface area contributed by atoms with Crippen LogP contribution in [0.1, 0.15) is 25.0 Å². The molecule has 0 aliphatic carbocycles. The Morgan fingerprint density at radius 1 is 1.28 bits per heavy atom. The number of fused-ring (bicyclic) bond motifs is 1. The van der Waals surface area contributed by atoms with Gasteiger partial charge in [-0.15, -0.1) is 0 Å². The summed E-state index contributed by atoms with van der Waals surface area (Å²) in [7, 11) is 0. The second kappa shape index (κ2) is 8.50. The first kappa shape index (κ1) is 18.0. The number of nitrogens with zero attached hydrogens (tertiary/aromatic N) is 1.